The van der Waals surface area contributed by atoms with E-state index in [1.807, 2.05) is 13.0 Å². The molecule has 0 bridgehead atoms. The molecule has 0 aliphatic heterocycles. The Labute approximate surface area is 136 Å². The van der Waals surface area contributed by atoms with Crippen molar-refractivity contribution < 1.29 is 12.8 Å². The van der Waals surface area contributed by atoms with E-state index in [0.717, 1.165) is 5.76 Å². The van der Waals surface area contributed by atoms with E-state index in [9.17, 15) is 8.42 Å². The number of hydrogen-bond donors (Lipinski definition) is 2. The van der Waals surface area contributed by atoms with Crippen molar-refractivity contribution in [2.75, 3.05) is 18.8 Å². The van der Waals surface area contributed by atoms with Crippen LogP contribution in [-0.4, -0.2) is 33.2 Å². The summed E-state index contributed by atoms with van der Waals surface area (Å²) in [7, 11) is -3.29. The number of sulfone groups is 1. The zero-order chi connectivity index (χ0) is 16.5. The highest BCUT2D eigenvalue weighted by Crippen LogP contribution is 2.09. The highest BCUT2D eigenvalue weighted by Gasteiger charge is 2.13. The Morgan fingerprint density at radius 2 is 1.91 bits per heavy atom. The molecule has 1 aromatic carbocycles. The van der Waals surface area contributed by atoms with Crippen molar-refractivity contribution in [2.45, 2.75) is 18.4 Å². The molecular weight excluding hydrogens is 314 g/mol. The van der Waals surface area contributed by atoms with Crippen LogP contribution < -0.4 is 10.6 Å². The third-order valence-corrected chi connectivity index (χ3v) is 4.81. The third-order valence-electron chi connectivity index (χ3n) is 3.08. The van der Waals surface area contributed by atoms with E-state index in [1.54, 1.807) is 42.7 Å². The van der Waals surface area contributed by atoms with Crippen LogP contribution in [0.1, 0.15) is 12.7 Å². The number of nitrogens with zero attached hydrogens (tertiary/aromatic N) is 1. The predicted molar refractivity (Wildman–Crippen MR) is 90.0 cm³/mol. The smallest absolute Gasteiger partial charge is 0.191 e. The Balaban J connectivity index is 1.90. The van der Waals surface area contributed by atoms with Crippen LogP contribution in [0.25, 0.3) is 0 Å². The van der Waals surface area contributed by atoms with Crippen LogP contribution in [0.15, 0.2) is 63.0 Å². The molecule has 2 N–H and O–H groups in total. The maximum Gasteiger partial charge on any atom is 0.191 e. The molecule has 6 nitrogen and oxygen atoms in total. The van der Waals surface area contributed by atoms with Gasteiger partial charge in [-0.1, -0.05) is 18.2 Å². The first kappa shape index (κ1) is 17.1. The Morgan fingerprint density at radius 1 is 1.13 bits per heavy atom. The highest BCUT2D eigenvalue weighted by molar-refractivity contribution is 7.91. The molecule has 1 aromatic heterocycles. The normalized spacial score (nSPS) is 12.1. The van der Waals surface area contributed by atoms with Crippen LogP contribution in [0.3, 0.4) is 0 Å². The molecule has 7 heteroatoms. The second-order valence-corrected chi connectivity index (χ2v) is 6.94. The average Bonchev–Trinajstić information content (AvgIpc) is 3.07. The molecule has 0 saturated carbocycles. The molecule has 0 saturated heterocycles. The van der Waals surface area contributed by atoms with Gasteiger partial charge in [-0.15, -0.1) is 0 Å². The molecule has 0 aliphatic rings. The van der Waals surface area contributed by atoms with Crippen LogP contribution in [0.5, 0.6) is 0 Å². The van der Waals surface area contributed by atoms with Gasteiger partial charge in [0.1, 0.15) is 12.3 Å². The fraction of sp³-hybridized carbons (Fsp3) is 0.312. The molecule has 0 aliphatic carbocycles. The van der Waals surface area contributed by atoms with Crippen molar-refractivity contribution in [3.8, 4) is 0 Å². The van der Waals surface area contributed by atoms with Gasteiger partial charge < -0.3 is 15.1 Å². The number of furan rings is 1. The first-order valence-electron chi connectivity index (χ1n) is 7.44. The fourth-order valence-corrected chi connectivity index (χ4v) is 3.13. The van der Waals surface area contributed by atoms with Crippen molar-refractivity contribution in [1.82, 2.24) is 10.6 Å². The van der Waals surface area contributed by atoms with Crippen molar-refractivity contribution in [3.05, 3.63) is 54.5 Å². The number of aliphatic imine (C=N–C) groups is 1. The monoisotopic (exact) mass is 335 g/mol. The van der Waals surface area contributed by atoms with Gasteiger partial charge in [0.05, 0.1) is 16.9 Å². The Kier molecular flexibility index (Phi) is 6.22. The Bertz CT molecular complexity index is 710. The zero-order valence-electron chi connectivity index (χ0n) is 13.0. The molecule has 0 unspecified atom stereocenters. The van der Waals surface area contributed by atoms with E-state index >= 15 is 0 Å². The average molecular weight is 335 g/mol. The number of hydrogen-bond acceptors (Lipinski definition) is 4. The standard InChI is InChI=1S/C16H21N3O3S/c1-2-17-16(19-13-14-7-6-11-22-14)18-10-12-23(20,21)15-8-4-3-5-9-15/h3-9,11H,2,10,12-13H2,1H3,(H2,17,18,19). The first-order valence-corrected chi connectivity index (χ1v) is 9.09. The van der Waals surface area contributed by atoms with Gasteiger partial charge in [0.15, 0.2) is 15.8 Å². The molecule has 0 fully saturated rings. The summed E-state index contributed by atoms with van der Waals surface area (Å²) in [5.74, 6) is 1.31. The molecule has 23 heavy (non-hydrogen) atoms. The molecule has 2 aromatic rings. The summed E-state index contributed by atoms with van der Waals surface area (Å²) in [5, 5.41) is 6.10. The van der Waals surface area contributed by atoms with Gasteiger partial charge in [-0.2, -0.15) is 0 Å². The van der Waals surface area contributed by atoms with Crippen molar-refractivity contribution in [3.63, 3.8) is 0 Å². The van der Waals surface area contributed by atoms with Gasteiger partial charge in [-0.05, 0) is 31.2 Å². The molecular formula is C16H21N3O3S. The number of benzene rings is 1. The number of rotatable bonds is 7. The van der Waals surface area contributed by atoms with Gasteiger partial charge in [0.2, 0.25) is 0 Å². The summed E-state index contributed by atoms with van der Waals surface area (Å²) in [6.07, 6.45) is 1.59. The fourth-order valence-electron chi connectivity index (χ4n) is 1.95. The molecule has 2 rings (SSSR count). The summed E-state index contributed by atoms with van der Waals surface area (Å²) in [4.78, 5) is 4.69. The van der Waals surface area contributed by atoms with E-state index in [2.05, 4.69) is 15.6 Å². The predicted octanol–water partition coefficient (Wildman–Crippen LogP) is 1.81. The molecule has 0 amide bonds. The van der Waals surface area contributed by atoms with Gasteiger partial charge in [0.25, 0.3) is 0 Å². The second-order valence-electron chi connectivity index (χ2n) is 4.83. The Morgan fingerprint density at radius 3 is 2.57 bits per heavy atom. The van der Waals surface area contributed by atoms with Gasteiger partial charge in [-0.3, -0.25) is 0 Å². The quantitative estimate of drug-likeness (QED) is 0.595. The van der Waals surface area contributed by atoms with E-state index in [0.29, 0.717) is 23.9 Å². The molecule has 1 heterocycles. The zero-order valence-corrected chi connectivity index (χ0v) is 13.8. The summed E-state index contributed by atoms with van der Waals surface area (Å²) >= 11 is 0. The lowest BCUT2D eigenvalue weighted by Gasteiger charge is -2.11. The topological polar surface area (TPSA) is 83.7 Å². The van der Waals surface area contributed by atoms with E-state index < -0.39 is 9.84 Å². The third kappa shape index (κ3) is 5.45. The summed E-state index contributed by atoms with van der Waals surface area (Å²) < 4.78 is 29.6. The van der Waals surface area contributed by atoms with Gasteiger partial charge in [-0.25, -0.2) is 13.4 Å². The second kappa shape index (κ2) is 8.38. The minimum Gasteiger partial charge on any atom is -0.467 e. The van der Waals surface area contributed by atoms with E-state index in [4.69, 9.17) is 4.42 Å². The lowest BCUT2D eigenvalue weighted by molar-refractivity contribution is 0.512. The summed E-state index contributed by atoms with van der Waals surface area (Å²) in [6.45, 7) is 3.31. The summed E-state index contributed by atoms with van der Waals surface area (Å²) in [6, 6.07) is 12.1. The van der Waals surface area contributed by atoms with Gasteiger partial charge in [0, 0.05) is 13.1 Å². The van der Waals surface area contributed by atoms with Gasteiger partial charge >= 0.3 is 0 Å². The lowest BCUT2D eigenvalue weighted by Crippen LogP contribution is -2.39. The maximum atomic E-state index is 12.2. The minimum absolute atomic E-state index is 0.00216. The number of nitrogens with one attached hydrogen (secondary N) is 2. The van der Waals surface area contributed by atoms with Crippen molar-refractivity contribution in [1.29, 1.82) is 0 Å². The largest absolute Gasteiger partial charge is 0.467 e. The minimum atomic E-state index is -3.29. The van der Waals surface area contributed by atoms with Crippen LogP contribution >= 0.6 is 0 Å². The lowest BCUT2D eigenvalue weighted by atomic mass is 10.4. The first-order chi connectivity index (χ1) is 11.1. The van der Waals surface area contributed by atoms with E-state index in [1.165, 1.54) is 0 Å². The van der Waals surface area contributed by atoms with Crippen LogP contribution in [0.4, 0.5) is 0 Å². The van der Waals surface area contributed by atoms with E-state index in [-0.39, 0.29) is 12.3 Å². The number of guanidine groups is 1. The molecule has 0 spiro atoms. The highest BCUT2D eigenvalue weighted by atomic mass is 32.2. The molecule has 0 atom stereocenters. The van der Waals surface area contributed by atoms with Crippen LogP contribution in [0.2, 0.25) is 0 Å². The molecule has 124 valence electrons. The van der Waals surface area contributed by atoms with Crippen molar-refractivity contribution in [2.24, 2.45) is 4.99 Å². The summed E-state index contributed by atoms with van der Waals surface area (Å²) in [5.41, 5.74) is 0. The maximum absolute atomic E-state index is 12.2. The molecule has 0 radical (unpaired) electrons. The van der Waals surface area contributed by atoms with Crippen LogP contribution in [0, 0.1) is 0 Å². The SMILES string of the molecule is CCNC(=NCc1ccco1)NCCS(=O)(=O)c1ccccc1. The Hall–Kier alpha value is -2.28. The van der Waals surface area contributed by atoms with Crippen molar-refractivity contribution >= 4 is 15.8 Å². The van der Waals surface area contributed by atoms with Crippen LogP contribution in [-0.2, 0) is 16.4 Å².